The summed E-state index contributed by atoms with van der Waals surface area (Å²) in [6, 6.07) is 0. The number of aliphatic hydroxyl groups is 3. The molecule has 27 heavy (non-hydrogen) atoms. The van der Waals surface area contributed by atoms with E-state index in [9.17, 15) is 20.1 Å². The quantitative estimate of drug-likeness (QED) is 0.258. The molecule has 0 spiro atoms. The Hall–Kier alpha value is -1.17. The molecule has 5 nitrogen and oxygen atoms in total. The number of carbonyl (C=O) groups excluding carboxylic acids is 1. The lowest BCUT2D eigenvalue weighted by atomic mass is 9.88. The molecule has 3 N–H and O–H groups in total. The van der Waals surface area contributed by atoms with Crippen molar-refractivity contribution < 1.29 is 24.9 Å². The van der Waals surface area contributed by atoms with Crippen LogP contribution in [0.4, 0.5) is 0 Å². The summed E-state index contributed by atoms with van der Waals surface area (Å²) in [7, 11) is 0. The Morgan fingerprint density at radius 1 is 1.15 bits per heavy atom. The van der Waals surface area contributed by atoms with Crippen LogP contribution < -0.4 is 0 Å². The number of rotatable bonds is 13. The van der Waals surface area contributed by atoms with Crippen LogP contribution in [0.25, 0.3) is 0 Å². The lowest BCUT2D eigenvalue weighted by Gasteiger charge is -2.21. The molecule has 1 saturated carbocycles. The first-order valence-electron chi connectivity index (χ1n) is 10.5. The van der Waals surface area contributed by atoms with E-state index >= 15 is 0 Å². The molecule has 0 amide bonds. The predicted molar refractivity (Wildman–Crippen MR) is 107 cm³/mol. The van der Waals surface area contributed by atoms with Crippen LogP contribution in [-0.2, 0) is 9.53 Å². The van der Waals surface area contributed by atoms with Crippen molar-refractivity contribution in [2.45, 2.75) is 89.9 Å². The third-order valence-electron chi connectivity index (χ3n) is 5.21. The molecule has 0 heterocycles. The molecular weight excluding hydrogens is 344 g/mol. The van der Waals surface area contributed by atoms with Crippen LogP contribution in [0.3, 0.4) is 0 Å². The molecule has 1 fully saturated rings. The van der Waals surface area contributed by atoms with E-state index in [0.717, 1.165) is 6.42 Å². The fourth-order valence-corrected chi connectivity index (χ4v) is 3.69. The van der Waals surface area contributed by atoms with Crippen LogP contribution in [-0.4, -0.2) is 46.2 Å². The van der Waals surface area contributed by atoms with Crippen molar-refractivity contribution in [1.29, 1.82) is 0 Å². The van der Waals surface area contributed by atoms with Gasteiger partial charge in [0.15, 0.2) is 0 Å². The molecule has 156 valence electrons. The fourth-order valence-electron chi connectivity index (χ4n) is 3.69. The molecule has 5 heteroatoms. The topological polar surface area (TPSA) is 87.0 Å². The highest BCUT2D eigenvalue weighted by Gasteiger charge is 2.39. The summed E-state index contributed by atoms with van der Waals surface area (Å²) in [4.78, 5) is 11.5. The van der Waals surface area contributed by atoms with E-state index in [1.165, 1.54) is 19.3 Å². The second kappa shape index (κ2) is 13.9. The van der Waals surface area contributed by atoms with E-state index in [1.807, 2.05) is 12.2 Å². The normalized spacial score (nSPS) is 26.9. The van der Waals surface area contributed by atoms with Crippen molar-refractivity contribution in [1.82, 2.24) is 0 Å². The summed E-state index contributed by atoms with van der Waals surface area (Å²) in [5.74, 6) is -0.508. The highest BCUT2D eigenvalue weighted by Crippen LogP contribution is 2.37. The minimum Gasteiger partial charge on any atom is -0.466 e. The summed E-state index contributed by atoms with van der Waals surface area (Å²) < 4.78 is 4.92. The minimum atomic E-state index is -0.611. The maximum atomic E-state index is 11.5. The second-order valence-electron chi connectivity index (χ2n) is 7.46. The van der Waals surface area contributed by atoms with E-state index in [2.05, 4.69) is 13.0 Å². The molecule has 0 aromatic heterocycles. The van der Waals surface area contributed by atoms with Gasteiger partial charge in [0, 0.05) is 18.8 Å². The lowest BCUT2D eigenvalue weighted by molar-refractivity contribution is -0.143. The Bertz CT molecular complexity index is 460. The molecule has 0 aromatic rings. The van der Waals surface area contributed by atoms with Gasteiger partial charge in [0.1, 0.15) is 0 Å². The molecule has 0 unspecified atom stereocenters. The fraction of sp³-hybridized carbons (Fsp3) is 0.773. The van der Waals surface area contributed by atoms with Crippen LogP contribution in [0, 0.1) is 11.8 Å². The van der Waals surface area contributed by atoms with Crippen molar-refractivity contribution >= 4 is 5.97 Å². The molecular formula is C22H38O5. The zero-order valence-electron chi connectivity index (χ0n) is 16.9. The average Bonchev–Trinajstić information content (AvgIpc) is 2.89. The van der Waals surface area contributed by atoms with Gasteiger partial charge in [-0.25, -0.2) is 0 Å². The number of carbonyl (C=O) groups is 1. The number of aliphatic hydroxyl groups excluding tert-OH is 3. The molecule has 0 saturated heterocycles. The van der Waals surface area contributed by atoms with Gasteiger partial charge >= 0.3 is 5.97 Å². The van der Waals surface area contributed by atoms with Gasteiger partial charge in [-0.05, 0) is 44.9 Å². The molecule has 1 aliphatic carbocycles. The molecule has 1 aliphatic rings. The number of unbranched alkanes of at least 4 members (excludes halogenated alkanes) is 3. The number of esters is 1. The second-order valence-corrected chi connectivity index (χ2v) is 7.46. The SMILES string of the molecule is CCCCC/C=C\C[C@H](O)/C=C/[C@@H]1[C@H](CCCC(=O)OCC)[C@H](O)C[C@@H]1O. The lowest BCUT2D eigenvalue weighted by Crippen LogP contribution is -2.21. The van der Waals surface area contributed by atoms with E-state index in [4.69, 9.17) is 4.74 Å². The van der Waals surface area contributed by atoms with Gasteiger partial charge in [-0.3, -0.25) is 4.79 Å². The largest absolute Gasteiger partial charge is 0.466 e. The Morgan fingerprint density at radius 3 is 2.63 bits per heavy atom. The van der Waals surface area contributed by atoms with Crippen molar-refractivity contribution in [3.8, 4) is 0 Å². The zero-order valence-corrected chi connectivity index (χ0v) is 16.9. The number of allylic oxidation sites excluding steroid dienone is 1. The maximum Gasteiger partial charge on any atom is 0.305 e. The molecule has 1 rings (SSSR count). The van der Waals surface area contributed by atoms with Gasteiger partial charge in [-0.15, -0.1) is 0 Å². The first-order chi connectivity index (χ1) is 13.0. The van der Waals surface area contributed by atoms with Crippen LogP contribution >= 0.6 is 0 Å². The molecule has 0 aliphatic heterocycles. The van der Waals surface area contributed by atoms with Gasteiger partial charge in [0.25, 0.3) is 0 Å². The van der Waals surface area contributed by atoms with Crippen molar-refractivity contribution in [3.63, 3.8) is 0 Å². The maximum absolute atomic E-state index is 11.5. The first kappa shape index (κ1) is 23.9. The minimum absolute atomic E-state index is 0.0949. The number of ether oxygens (including phenoxy) is 1. The van der Waals surface area contributed by atoms with Crippen molar-refractivity contribution in [3.05, 3.63) is 24.3 Å². The number of hydrogen-bond donors (Lipinski definition) is 3. The van der Waals surface area contributed by atoms with E-state index in [-0.39, 0.29) is 17.8 Å². The number of hydrogen-bond acceptors (Lipinski definition) is 5. The van der Waals surface area contributed by atoms with Crippen LogP contribution in [0.2, 0.25) is 0 Å². The van der Waals surface area contributed by atoms with Crippen molar-refractivity contribution in [2.75, 3.05) is 6.61 Å². The third-order valence-corrected chi connectivity index (χ3v) is 5.21. The monoisotopic (exact) mass is 382 g/mol. The summed E-state index contributed by atoms with van der Waals surface area (Å²) in [6.45, 7) is 4.33. The average molecular weight is 383 g/mol. The van der Waals surface area contributed by atoms with E-state index in [1.54, 1.807) is 13.0 Å². The molecule has 5 atom stereocenters. The van der Waals surface area contributed by atoms with Crippen LogP contribution in [0.5, 0.6) is 0 Å². The Kier molecular flexibility index (Phi) is 12.3. The van der Waals surface area contributed by atoms with Crippen LogP contribution in [0.1, 0.15) is 71.6 Å². The summed E-state index contributed by atoms with van der Waals surface area (Å²) in [5, 5.41) is 30.6. The van der Waals surface area contributed by atoms with E-state index < -0.39 is 18.3 Å². The smallest absolute Gasteiger partial charge is 0.305 e. The third kappa shape index (κ3) is 9.54. The Balaban J connectivity index is 2.44. The van der Waals surface area contributed by atoms with Crippen molar-refractivity contribution in [2.24, 2.45) is 11.8 Å². The predicted octanol–water partition coefficient (Wildman–Crippen LogP) is 3.52. The van der Waals surface area contributed by atoms with Gasteiger partial charge in [-0.1, -0.05) is 44.1 Å². The highest BCUT2D eigenvalue weighted by atomic mass is 16.5. The summed E-state index contributed by atoms with van der Waals surface area (Å²) in [5.41, 5.74) is 0. The highest BCUT2D eigenvalue weighted by molar-refractivity contribution is 5.69. The first-order valence-corrected chi connectivity index (χ1v) is 10.5. The van der Waals surface area contributed by atoms with Gasteiger partial charge in [-0.2, -0.15) is 0 Å². The summed E-state index contributed by atoms with van der Waals surface area (Å²) >= 11 is 0. The van der Waals surface area contributed by atoms with E-state index in [0.29, 0.717) is 38.7 Å². The zero-order chi connectivity index (χ0) is 20.1. The van der Waals surface area contributed by atoms with Crippen LogP contribution in [0.15, 0.2) is 24.3 Å². The standard InChI is InChI=1S/C22H38O5/c1-3-5-6-7-8-9-11-17(23)14-15-19-18(20(24)16-21(19)25)12-10-13-22(26)27-4-2/h8-9,14-15,17-21,23-25H,3-7,10-13,16H2,1-2H3/b9-8-,15-14+/t17-,18-,19+,20+,21-/m0/s1. The summed E-state index contributed by atoms with van der Waals surface area (Å²) in [6.07, 6.45) is 13.1. The Morgan fingerprint density at radius 2 is 1.93 bits per heavy atom. The molecule has 0 radical (unpaired) electrons. The Labute approximate surface area is 164 Å². The van der Waals surface area contributed by atoms with Gasteiger partial charge < -0.3 is 20.1 Å². The molecule has 0 bridgehead atoms. The van der Waals surface area contributed by atoms with Gasteiger partial charge in [0.2, 0.25) is 0 Å². The molecule has 0 aromatic carbocycles. The van der Waals surface area contributed by atoms with Gasteiger partial charge in [0.05, 0.1) is 24.9 Å².